The number of hydrogen-bond donors (Lipinski definition) is 6. The molecule has 0 radical (unpaired) electrons. The maximum Gasteiger partial charge on any atom is 0.251 e. The van der Waals surface area contributed by atoms with Gasteiger partial charge in [0, 0.05) is 36.9 Å². The van der Waals surface area contributed by atoms with Gasteiger partial charge in [0.15, 0.2) is 0 Å². The Labute approximate surface area is 217 Å². The molecule has 200 valence electrons. The summed E-state index contributed by atoms with van der Waals surface area (Å²) in [6.07, 6.45) is 2.27. The molecular formula is C27H42N4O4S. The average Bonchev–Trinajstić information content (AvgIpc) is 2.87. The lowest BCUT2D eigenvalue weighted by Gasteiger charge is -2.47. The first-order valence-electron chi connectivity index (χ1n) is 12.9. The molecule has 0 bridgehead atoms. The van der Waals surface area contributed by atoms with E-state index >= 15 is 0 Å². The fourth-order valence-corrected chi connectivity index (χ4v) is 5.99. The van der Waals surface area contributed by atoms with Gasteiger partial charge in [0.05, 0.1) is 23.6 Å². The van der Waals surface area contributed by atoms with Crippen LogP contribution in [0.1, 0.15) is 56.0 Å². The van der Waals surface area contributed by atoms with Crippen molar-refractivity contribution in [2.24, 2.45) is 0 Å². The third-order valence-electron chi connectivity index (χ3n) is 6.60. The molecule has 0 saturated carbocycles. The number of nitrogens with zero attached hydrogens (tertiary/aromatic N) is 1. The smallest absolute Gasteiger partial charge is 0.251 e. The summed E-state index contributed by atoms with van der Waals surface area (Å²) in [5.74, 6) is 0.0158. The SMILES string of the molecule is CCNc1cc(C(=O)N[C@@H](Cc2ccccc2)[C@H](O)CNC(C)CC)cc(N2CCCCS2(O)O)c1. The minimum absolute atomic E-state index is 0.261. The number of aliphatic hydroxyl groups excluding tert-OH is 1. The van der Waals surface area contributed by atoms with Crippen molar-refractivity contribution in [1.29, 1.82) is 0 Å². The van der Waals surface area contributed by atoms with Crippen LogP contribution >= 0.6 is 10.8 Å². The van der Waals surface area contributed by atoms with Gasteiger partial charge in [-0.3, -0.25) is 18.2 Å². The summed E-state index contributed by atoms with van der Waals surface area (Å²) in [6.45, 7) is 7.67. The van der Waals surface area contributed by atoms with Gasteiger partial charge in [-0.1, -0.05) is 37.3 Å². The second-order valence-electron chi connectivity index (χ2n) is 9.50. The number of amides is 1. The van der Waals surface area contributed by atoms with E-state index in [9.17, 15) is 19.0 Å². The van der Waals surface area contributed by atoms with Gasteiger partial charge in [-0.25, -0.2) is 0 Å². The van der Waals surface area contributed by atoms with Crippen LogP contribution in [0.25, 0.3) is 0 Å². The van der Waals surface area contributed by atoms with Gasteiger partial charge in [0.2, 0.25) is 0 Å². The first-order valence-corrected chi connectivity index (χ1v) is 14.6. The van der Waals surface area contributed by atoms with Crippen LogP contribution in [-0.4, -0.2) is 63.7 Å². The van der Waals surface area contributed by atoms with Crippen molar-refractivity contribution in [1.82, 2.24) is 10.6 Å². The zero-order chi connectivity index (χ0) is 26.1. The van der Waals surface area contributed by atoms with E-state index < -0.39 is 22.9 Å². The molecule has 2 aromatic rings. The molecule has 1 amide bonds. The first kappa shape index (κ1) is 28.3. The van der Waals surface area contributed by atoms with Crippen LogP contribution < -0.4 is 20.3 Å². The molecule has 9 heteroatoms. The molecule has 3 atom stereocenters. The minimum Gasteiger partial charge on any atom is -0.390 e. The van der Waals surface area contributed by atoms with E-state index in [1.165, 1.54) is 0 Å². The van der Waals surface area contributed by atoms with E-state index in [2.05, 4.69) is 29.8 Å². The van der Waals surface area contributed by atoms with Gasteiger partial charge >= 0.3 is 0 Å². The van der Waals surface area contributed by atoms with Crippen molar-refractivity contribution in [2.75, 3.05) is 35.0 Å². The van der Waals surface area contributed by atoms with Crippen LogP contribution in [-0.2, 0) is 6.42 Å². The van der Waals surface area contributed by atoms with Crippen LogP contribution in [0, 0.1) is 0 Å². The van der Waals surface area contributed by atoms with Crippen molar-refractivity contribution in [3.8, 4) is 0 Å². The highest BCUT2D eigenvalue weighted by molar-refractivity contribution is 8.25. The van der Waals surface area contributed by atoms with E-state index in [0.717, 1.165) is 30.5 Å². The fraction of sp³-hybridized carbons (Fsp3) is 0.519. The molecule has 6 N–H and O–H groups in total. The average molecular weight is 519 g/mol. The van der Waals surface area contributed by atoms with Gasteiger partial charge in [-0.2, -0.15) is 0 Å². The lowest BCUT2D eigenvalue weighted by atomic mass is 10.00. The van der Waals surface area contributed by atoms with Crippen LogP contribution in [0.15, 0.2) is 48.5 Å². The normalized spacial score (nSPS) is 18.7. The van der Waals surface area contributed by atoms with Gasteiger partial charge < -0.3 is 21.1 Å². The largest absolute Gasteiger partial charge is 0.390 e. The van der Waals surface area contributed by atoms with Crippen LogP contribution in [0.3, 0.4) is 0 Å². The Bertz CT molecular complexity index is 976. The molecule has 0 aliphatic carbocycles. The van der Waals surface area contributed by atoms with Crippen molar-refractivity contribution in [2.45, 2.75) is 64.6 Å². The number of aliphatic hydroxyl groups is 1. The molecule has 1 fully saturated rings. The Hall–Kier alpha value is -2.30. The quantitative estimate of drug-likeness (QED) is 0.245. The van der Waals surface area contributed by atoms with Crippen LogP contribution in [0.4, 0.5) is 11.4 Å². The van der Waals surface area contributed by atoms with E-state index in [1.54, 1.807) is 16.4 Å². The molecule has 1 aliphatic heterocycles. The van der Waals surface area contributed by atoms with Gasteiger partial charge in [-0.15, -0.1) is 10.8 Å². The standard InChI is InChI=1S/C27H42N4O4S/c1-4-20(3)29-19-26(32)25(15-21-11-7-6-8-12-21)30-27(33)22-16-23(28-5-2)18-24(17-22)31-13-9-10-14-36(31,34)35/h6-8,11-12,16-18,20,25-26,28-29,32,34-35H,4-5,9-10,13-15,19H2,1-3H3,(H,30,33)/t20?,25-,26+/m0/s1. The molecule has 0 aromatic heterocycles. The van der Waals surface area contributed by atoms with E-state index in [0.29, 0.717) is 43.1 Å². The third-order valence-corrected chi connectivity index (χ3v) is 8.53. The fourth-order valence-electron chi connectivity index (χ4n) is 4.31. The zero-order valence-electron chi connectivity index (χ0n) is 21.6. The molecular weight excluding hydrogens is 476 g/mol. The second-order valence-corrected chi connectivity index (χ2v) is 11.6. The third kappa shape index (κ3) is 7.85. The molecule has 8 nitrogen and oxygen atoms in total. The van der Waals surface area contributed by atoms with Gasteiger partial charge in [0.25, 0.3) is 5.91 Å². The number of carbonyl (C=O) groups excluding carboxylic acids is 1. The summed E-state index contributed by atoms with van der Waals surface area (Å²) in [5.41, 5.74) is 2.77. The molecule has 0 spiro atoms. The highest BCUT2D eigenvalue weighted by Gasteiger charge is 2.28. The summed E-state index contributed by atoms with van der Waals surface area (Å²) in [7, 11) is -2.92. The Morgan fingerprint density at radius 2 is 1.86 bits per heavy atom. The molecule has 1 heterocycles. The van der Waals surface area contributed by atoms with Crippen molar-refractivity contribution >= 4 is 28.1 Å². The van der Waals surface area contributed by atoms with Crippen LogP contribution in [0.5, 0.6) is 0 Å². The van der Waals surface area contributed by atoms with E-state index in [-0.39, 0.29) is 11.9 Å². The van der Waals surface area contributed by atoms with Crippen molar-refractivity contribution < 1.29 is 19.0 Å². The summed E-state index contributed by atoms with van der Waals surface area (Å²) in [6, 6.07) is 14.9. The molecule has 3 rings (SSSR count). The van der Waals surface area contributed by atoms with Crippen molar-refractivity contribution in [3.63, 3.8) is 0 Å². The Balaban J connectivity index is 1.85. The number of hydrogen-bond acceptors (Lipinski definition) is 7. The highest BCUT2D eigenvalue weighted by atomic mass is 32.3. The Morgan fingerprint density at radius 1 is 1.11 bits per heavy atom. The molecule has 36 heavy (non-hydrogen) atoms. The Morgan fingerprint density at radius 3 is 2.53 bits per heavy atom. The summed E-state index contributed by atoms with van der Waals surface area (Å²) in [4.78, 5) is 13.5. The van der Waals surface area contributed by atoms with E-state index in [1.807, 2.05) is 43.3 Å². The number of nitrogens with one attached hydrogen (secondary N) is 3. The zero-order valence-corrected chi connectivity index (χ0v) is 22.4. The summed E-state index contributed by atoms with van der Waals surface area (Å²) in [5, 5.41) is 20.6. The first-order chi connectivity index (χ1) is 17.2. The predicted octanol–water partition coefficient (Wildman–Crippen LogP) is 4.47. The maximum atomic E-state index is 13.5. The molecule has 1 unspecified atom stereocenters. The topological polar surface area (TPSA) is 117 Å². The minimum atomic E-state index is -2.92. The van der Waals surface area contributed by atoms with E-state index in [4.69, 9.17) is 0 Å². The van der Waals surface area contributed by atoms with Gasteiger partial charge in [-0.05, 0) is 63.3 Å². The lowest BCUT2D eigenvalue weighted by Crippen LogP contribution is -2.49. The predicted molar refractivity (Wildman–Crippen MR) is 150 cm³/mol. The number of anilines is 2. The summed E-state index contributed by atoms with van der Waals surface area (Å²) >= 11 is 0. The van der Waals surface area contributed by atoms with Crippen LogP contribution in [0.2, 0.25) is 0 Å². The highest BCUT2D eigenvalue weighted by Crippen LogP contribution is 2.50. The van der Waals surface area contributed by atoms with Crippen molar-refractivity contribution in [3.05, 3.63) is 59.7 Å². The Kier molecular flexibility index (Phi) is 10.4. The molecule has 1 aliphatic rings. The lowest BCUT2D eigenvalue weighted by molar-refractivity contribution is 0.0825. The number of benzene rings is 2. The maximum absolute atomic E-state index is 13.5. The monoisotopic (exact) mass is 518 g/mol. The van der Waals surface area contributed by atoms with Gasteiger partial charge in [0.1, 0.15) is 0 Å². The molecule has 1 saturated heterocycles. The summed E-state index contributed by atoms with van der Waals surface area (Å²) < 4.78 is 22.9. The molecule has 2 aromatic carbocycles. The number of carbonyl (C=O) groups is 1. The number of rotatable bonds is 12. The second kappa shape index (κ2) is 13.3.